The van der Waals surface area contributed by atoms with Crippen molar-refractivity contribution >= 4 is 11.8 Å². The SMILES string of the molecule is CN.FC(F)(F)Sc1ccccc1. The van der Waals surface area contributed by atoms with Crippen LogP contribution >= 0.6 is 11.8 Å². The zero-order chi connectivity index (χ0) is 10.3. The van der Waals surface area contributed by atoms with Gasteiger partial charge in [0.1, 0.15) is 0 Å². The summed E-state index contributed by atoms with van der Waals surface area (Å²) in [5.74, 6) is 0. The molecule has 1 rings (SSSR count). The molecule has 1 nitrogen and oxygen atoms in total. The Bertz CT molecular complexity index is 223. The lowest BCUT2D eigenvalue weighted by molar-refractivity contribution is -0.0328. The van der Waals surface area contributed by atoms with Crippen molar-refractivity contribution in [2.24, 2.45) is 5.73 Å². The van der Waals surface area contributed by atoms with E-state index in [1.54, 1.807) is 18.2 Å². The minimum atomic E-state index is -4.18. The van der Waals surface area contributed by atoms with E-state index in [1.165, 1.54) is 19.2 Å². The summed E-state index contributed by atoms with van der Waals surface area (Å²) >= 11 is -0.0993. The smallest absolute Gasteiger partial charge is 0.333 e. The van der Waals surface area contributed by atoms with Crippen molar-refractivity contribution in [2.75, 3.05) is 7.05 Å². The van der Waals surface area contributed by atoms with E-state index in [9.17, 15) is 13.2 Å². The first kappa shape index (κ1) is 12.3. The molecular weight excluding hydrogens is 199 g/mol. The van der Waals surface area contributed by atoms with E-state index in [2.05, 4.69) is 5.73 Å². The van der Waals surface area contributed by atoms with Crippen LogP contribution < -0.4 is 5.73 Å². The van der Waals surface area contributed by atoms with Crippen LogP contribution in [-0.2, 0) is 0 Å². The maximum absolute atomic E-state index is 11.7. The number of nitrogens with two attached hydrogens (primary N) is 1. The van der Waals surface area contributed by atoms with E-state index in [0.717, 1.165) is 0 Å². The second-order valence-corrected chi connectivity index (χ2v) is 3.00. The summed E-state index contributed by atoms with van der Waals surface area (Å²) in [6.45, 7) is 0. The Morgan fingerprint density at radius 2 is 1.54 bits per heavy atom. The number of hydrogen-bond acceptors (Lipinski definition) is 2. The summed E-state index contributed by atoms with van der Waals surface area (Å²) in [5.41, 5.74) is 0.321. The van der Waals surface area contributed by atoms with Gasteiger partial charge in [-0.15, -0.1) is 0 Å². The standard InChI is InChI=1S/C7H5F3S.CH5N/c8-7(9,10)11-6-4-2-1-3-5-6;1-2/h1-5H;2H2,1H3. The maximum atomic E-state index is 11.7. The summed E-state index contributed by atoms with van der Waals surface area (Å²) in [6.07, 6.45) is 0. The van der Waals surface area contributed by atoms with Gasteiger partial charge in [-0.25, -0.2) is 0 Å². The van der Waals surface area contributed by atoms with Crippen LogP contribution in [0.25, 0.3) is 0 Å². The van der Waals surface area contributed by atoms with Gasteiger partial charge in [-0.3, -0.25) is 0 Å². The fraction of sp³-hybridized carbons (Fsp3) is 0.250. The maximum Gasteiger partial charge on any atom is 0.446 e. The molecule has 0 fully saturated rings. The van der Waals surface area contributed by atoms with Crippen molar-refractivity contribution in [1.82, 2.24) is 0 Å². The third kappa shape index (κ3) is 6.48. The molecule has 5 heteroatoms. The van der Waals surface area contributed by atoms with E-state index in [1.807, 2.05) is 0 Å². The molecule has 0 aliphatic carbocycles. The first-order valence-electron chi connectivity index (χ1n) is 3.46. The molecule has 0 aliphatic rings. The second kappa shape index (κ2) is 5.88. The van der Waals surface area contributed by atoms with Gasteiger partial charge < -0.3 is 5.73 Å². The summed E-state index contributed by atoms with van der Waals surface area (Å²) in [5, 5.41) is 0. The average molecular weight is 209 g/mol. The number of halogens is 3. The molecule has 0 amide bonds. The number of rotatable bonds is 1. The van der Waals surface area contributed by atoms with Crippen molar-refractivity contribution in [2.45, 2.75) is 10.4 Å². The molecule has 0 radical (unpaired) electrons. The fourth-order valence-electron chi connectivity index (χ4n) is 0.622. The van der Waals surface area contributed by atoms with Gasteiger partial charge in [-0.2, -0.15) is 13.2 Å². The van der Waals surface area contributed by atoms with Gasteiger partial charge in [0.25, 0.3) is 0 Å². The van der Waals surface area contributed by atoms with Gasteiger partial charge in [-0.05, 0) is 30.9 Å². The normalized spacial score (nSPS) is 10.2. The quantitative estimate of drug-likeness (QED) is 0.720. The van der Waals surface area contributed by atoms with Crippen LogP contribution in [0.15, 0.2) is 35.2 Å². The molecule has 1 aromatic carbocycles. The number of hydrogen-bond donors (Lipinski definition) is 1. The van der Waals surface area contributed by atoms with Crippen molar-refractivity contribution in [1.29, 1.82) is 0 Å². The summed E-state index contributed by atoms with van der Waals surface area (Å²) in [6, 6.07) is 7.69. The molecule has 13 heavy (non-hydrogen) atoms. The Labute approximate surface area is 79.1 Å². The first-order valence-corrected chi connectivity index (χ1v) is 4.28. The topological polar surface area (TPSA) is 26.0 Å². The number of benzene rings is 1. The van der Waals surface area contributed by atoms with Gasteiger partial charge in [0, 0.05) is 4.90 Å². The van der Waals surface area contributed by atoms with E-state index in [4.69, 9.17) is 0 Å². The summed E-state index contributed by atoms with van der Waals surface area (Å²) in [4.78, 5) is 0.222. The molecule has 0 bridgehead atoms. The number of alkyl halides is 3. The fourth-order valence-corrected chi connectivity index (χ4v) is 1.18. The Morgan fingerprint density at radius 1 is 1.08 bits per heavy atom. The highest BCUT2D eigenvalue weighted by Crippen LogP contribution is 2.36. The summed E-state index contributed by atoms with van der Waals surface area (Å²) in [7, 11) is 1.50. The van der Waals surface area contributed by atoms with Crippen molar-refractivity contribution < 1.29 is 13.2 Å². The Hall–Kier alpha value is -0.680. The van der Waals surface area contributed by atoms with Crippen LogP contribution in [0, 0.1) is 0 Å². The molecule has 0 aromatic heterocycles. The molecule has 0 unspecified atom stereocenters. The molecular formula is C8H10F3NS. The predicted octanol–water partition coefficient (Wildman–Crippen LogP) is 2.87. The van der Waals surface area contributed by atoms with Crippen LogP contribution in [0.3, 0.4) is 0 Å². The van der Waals surface area contributed by atoms with Crippen LogP contribution in [0.5, 0.6) is 0 Å². The van der Waals surface area contributed by atoms with Gasteiger partial charge in [0.05, 0.1) is 0 Å². The van der Waals surface area contributed by atoms with Crippen LogP contribution in [-0.4, -0.2) is 12.6 Å². The Balaban J connectivity index is 0.000000671. The largest absolute Gasteiger partial charge is 0.446 e. The molecule has 0 spiro atoms. The Kier molecular flexibility index (Phi) is 5.57. The number of thioether (sulfide) groups is 1. The van der Waals surface area contributed by atoms with E-state index in [0.29, 0.717) is 0 Å². The molecule has 1 aromatic rings. The minimum absolute atomic E-state index is 0.0993. The predicted molar refractivity (Wildman–Crippen MR) is 48.5 cm³/mol. The average Bonchev–Trinajstić information content (AvgIpc) is 2.07. The lowest BCUT2D eigenvalue weighted by atomic mass is 10.4. The van der Waals surface area contributed by atoms with Crippen molar-refractivity contribution in [3.63, 3.8) is 0 Å². The van der Waals surface area contributed by atoms with Crippen LogP contribution in [0.1, 0.15) is 0 Å². The van der Waals surface area contributed by atoms with Crippen LogP contribution in [0.2, 0.25) is 0 Å². The molecule has 0 aliphatic heterocycles. The first-order chi connectivity index (χ1) is 6.08. The third-order valence-electron chi connectivity index (χ3n) is 0.977. The van der Waals surface area contributed by atoms with Gasteiger partial charge in [0.2, 0.25) is 0 Å². The molecule has 0 saturated heterocycles. The van der Waals surface area contributed by atoms with Gasteiger partial charge >= 0.3 is 5.51 Å². The third-order valence-corrected chi connectivity index (χ3v) is 1.72. The summed E-state index contributed by atoms with van der Waals surface area (Å²) < 4.78 is 35.1. The lowest BCUT2D eigenvalue weighted by Gasteiger charge is -2.03. The zero-order valence-electron chi connectivity index (χ0n) is 7.01. The zero-order valence-corrected chi connectivity index (χ0v) is 7.82. The monoisotopic (exact) mass is 209 g/mol. The van der Waals surface area contributed by atoms with Crippen LogP contribution in [0.4, 0.5) is 13.2 Å². The molecule has 74 valence electrons. The molecule has 0 atom stereocenters. The van der Waals surface area contributed by atoms with E-state index >= 15 is 0 Å². The van der Waals surface area contributed by atoms with Crippen molar-refractivity contribution in [3.05, 3.63) is 30.3 Å². The highest BCUT2D eigenvalue weighted by molar-refractivity contribution is 8.00. The molecule has 0 saturated carbocycles. The Morgan fingerprint density at radius 3 is 1.92 bits per heavy atom. The van der Waals surface area contributed by atoms with E-state index < -0.39 is 5.51 Å². The molecule has 2 N–H and O–H groups in total. The highest BCUT2D eigenvalue weighted by atomic mass is 32.2. The van der Waals surface area contributed by atoms with Crippen molar-refractivity contribution in [3.8, 4) is 0 Å². The van der Waals surface area contributed by atoms with E-state index in [-0.39, 0.29) is 16.7 Å². The lowest BCUT2D eigenvalue weighted by Crippen LogP contribution is -1.98. The highest BCUT2D eigenvalue weighted by Gasteiger charge is 2.28. The van der Waals surface area contributed by atoms with Gasteiger partial charge in [-0.1, -0.05) is 18.2 Å². The van der Waals surface area contributed by atoms with Gasteiger partial charge in [0.15, 0.2) is 0 Å². The second-order valence-electron chi connectivity index (χ2n) is 1.86. The minimum Gasteiger partial charge on any atom is -0.333 e. The molecule has 0 heterocycles.